The van der Waals surface area contributed by atoms with Gasteiger partial charge in [-0.1, -0.05) is 0 Å². The average molecular weight is 334 g/mol. The number of carbonyl (C=O) groups is 1. The number of nitrogens with zero attached hydrogens (tertiary/aromatic N) is 3. The van der Waals surface area contributed by atoms with Gasteiger partial charge in [-0.2, -0.15) is 0 Å². The maximum absolute atomic E-state index is 12.7. The molecule has 2 aromatic heterocycles. The number of piperazine rings is 1. The van der Waals surface area contributed by atoms with E-state index in [4.69, 9.17) is 0 Å². The summed E-state index contributed by atoms with van der Waals surface area (Å²) >= 11 is 0. The number of aromatic nitrogens is 2. The number of aromatic amines is 1. The van der Waals surface area contributed by atoms with Crippen LogP contribution < -0.4 is 0 Å². The third kappa shape index (κ3) is 3.56. The maximum Gasteiger partial charge on any atom is 0.253 e. The Balaban J connectivity index is 1.32. The molecule has 1 aromatic carbocycles. The first kappa shape index (κ1) is 15.8. The predicted molar refractivity (Wildman–Crippen MR) is 98.6 cm³/mol. The molecule has 3 heterocycles. The van der Waals surface area contributed by atoms with Crippen LogP contribution >= 0.6 is 0 Å². The second-order valence-electron chi connectivity index (χ2n) is 6.52. The average Bonchev–Trinajstić information content (AvgIpc) is 3.15. The molecule has 0 radical (unpaired) electrons. The largest absolute Gasteiger partial charge is 0.361 e. The Morgan fingerprint density at radius 1 is 1.04 bits per heavy atom. The fourth-order valence-corrected chi connectivity index (χ4v) is 3.38. The van der Waals surface area contributed by atoms with E-state index < -0.39 is 0 Å². The first-order chi connectivity index (χ1) is 12.3. The van der Waals surface area contributed by atoms with E-state index in [9.17, 15) is 4.79 Å². The van der Waals surface area contributed by atoms with Gasteiger partial charge in [-0.3, -0.25) is 14.7 Å². The second-order valence-corrected chi connectivity index (χ2v) is 6.52. The lowest BCUT2D eigenvalue weighted by Crippen LogP contribution is -2.49. The van der Waals surface area contributed by atoms with E-state index in [-0.39, 0.29) is 5.91 Å². The number of pyridine rings is 1. The number of nitrogens with one attached hydrogen (secondary N) is 1. The van der Waals surface area contributed by atoms with Gasteiger partial charge < -0.3 is 9.88 Å². The summed E-state index contributed by atoms with van der Waals surface area (Å²) in [7, 11) is 0. The van der Waals surface area contributed by atoms with Crippen LogP contribution in [0.25, 0.3) is 10.9 Å². The van der Waals surface area contributed by atoms with Gasteiger partial charge in [0.15, 0.2) is 0 Å². The van der Waals surface area contributed by atoms with E-state index in [1.807, 2.05) is 47.8 Å². The topological polar surface area (TPSA) is 52.2 Å². The Morgan fingerprint density at radius 3 is 2.64 bits per heavy atom. The molecular weight excluding hydrogens is 312 g/mol. The summed E-state index contributed by atoms with van der Waals surface area (Å²) in [5.74, 6) is 0.136. The van der Waals surface area contributed by atoms with Crippen molar-refractivity contribution >= 4 is 16.8 Å². The van der Waals surface area contributed by atoms with Crippen molar-refractivity contribution in [2.24, 2.45) is 0 Å². The number of hydrogen-bond donors (Lipinski definition) is 1. The smallest absolute Gasteiger partial charge is 0.253 e. The Kier molecular flexibility index (Phi) is 4.48. The third-order valence-corrected chi connectivity index (χ3v) is 4.93. The highest BCUT2D eigenvalue weighted by atomic mass is 16.2. The summed E-state index contributed by atoms with van der Waals surface area (Å²) in [6.45, 7) is 4.48. The summed E-state index contributed by atoms with van der Waals surface area (Å²) < 4.78 is 0. The van der Waals surface area contributed by atoms with Crippen molar-refractivity contribution < 1.29 is 4.79 Å². The molecule has 5 heteroatoms. The fraction of sp³-hybridized carbons (Fsp3) is 0.300. The number of rotatable bonds is 4. The van der Waals surface area contributed by atoms with Gasteiger partial charge in [0.2, 0.25) is 0 Å². The maximum atomic E-state index is 12.7. The molecule has 0 aliphatic carbocycles. The Morgan fingerprint density at radius 2 is 1.84 bits per heavy atom. The Labute approximate surface area is 147 Å². The molecule has 5 nitrogen and oxygen atoms in total. The summed E-state index contributed by atoms with van der Waals surface area (Å²) in [5.41, 5.74) is 3.16. The number of benzene rings is 1. The van der Waals surface area contributed by atoms with Crippen LogP contribution in [0.3, 0.4) is 0 Å². The Hall–Kier alpha value is -2.66. The quantitative estimate of drug-likeness (QED) is 0.798. The Bertz CT molecular complexity index is 850. The molecule has 25 heavy (non-hydrogen) atoms. The van der Waals surface area contributed by atoms with E-state index in [1.54, 1.807) is 0 Å². The van der Waals surface area contributed by atoms with Crippen LogP contribution in [0.15, 0.2) is 55.0 Å². The molecule has 0 atom stereocenters. The summed E-state index contributed by atoms with van der Waals surface area (Å²) in [4.78, 5) is 24.4. The van der Waals surface area contributed by atoms with Gasteiger partial charge >= 0.3 is 0 Å². The van der Waals surface area contributed by atoms with Gasteiger partial charge in [-0.05, 0) is 48.4 Å². The molecule has 1 N–H and O–H groups in total. The third-order valence-electron chi connectivity index (χ3n) is 4.93. The zero-order valence-electron chi connectivity index (χ0n) is 14.2. The standard InChI is InChI=1S/C20H22N4O/c25-20(18-1-2-19-17(15-18)5-9-22-19)24-13-11-23(12-14-24)10-6-16-3-7-21-8-4-16/h1-5,7-9,15,22H,6,10-14H2. The van der Waals surface area contributed by atoms with Gasteiger partial charge in [0.25, 0.3) is 5.91 Å². The van der Waals surface area contributed by atoms with Crippen LogP contribution in [0.2, 0.25) is 0 Å². The van der Waals surface area contributed by atoms with Gasteiger partial charge in [0, 0.05) is 67.8 Å². The van der Waals surface area contributed by atoms with Crippen molar-refractivity contribution in [3.05, 3.63) is 66.1 Å². The van der Waals surface area contributed by atoms with Crippen LogP contribution in [0, 0.1) is 0 Å². The molecule has 1 aliphatic heterocycles. The van der Waals surface area contributed by atoms with E-state index >= 15 is 0 Å². The molecule has 3 aromatic rings. The number of H-pyrrole nitrogens is 1. The highest BCUT2D eigenvalue weighted by Crippen LogP contribution is 2.16. The van der Waals surface area contributed by atoms with Gasteiger partial charge in [0.1, 0.15) is 0 Å². The molecule has 0 bridgehead atoms. The fourth-order valence-electron chi connectivity index (χ4n) is 3.38. The molecule has 4 rings (SSSR count). The lowest BCUT2D eigenvalue weighted by molar-refractivity contribution is 0.0638. The molecule has 1 aliphatic rings. The van der Waals surface area contributed by atoms with E-state index in [0.29, 0.717) is 0 Å². The minimum absolute atomic E-state index is 0.136. The minimum atomic E-state index is 0.136. The lowest BCUT2D eigenvalue weighted by atomic mass is 10.1. The molecular formula is C20H22N4O. The van der Waals surface area contributed by atoms with Crippen LogP contribution in [0.4, 0.5) is 0 Å². The van der Waals surface area contributed by atoms with E-state index in [1.165, 1.54) is 5.56 Å². The van der Waals surface area contributed by atoms with E-state index in [2.05, 4.69) is 27.0 Å². The number of fused-ring (bicyclic) bond motifs is 1. The van der Waals surface area contributed by atoms with E-state index in [0.717, 1.165) is 55.6 Å². The van der Waals surface area contributed by atoms with Crippen molar-refractivity contribution in [3.8, 4) is 0 Å². The lowest BCUT2D eigenvalue weighted by Gasteiger charge is -2.34. The monoisotopic (exact) mass is 334 g/mol. The van der Waals surface area contributed by atoms with Crippen molar-refractivity contribution in [2.45, 2.75) is 6.42 Å². The zero-order chi connectivity index (χ0) is 17.1. The van der Waals surface area contributed by atoms with Crippen LogP contribution in [0.5, 0.6) is 0 Å². The van der Waals surface area contributed by atoms with Crippen molar-refractivity contribution in [2.75, 3.05) is 32.7 Å². The number of hydrogen-bond acceptors (Lipinski definition) is 3. The zero-order valence-corrected chi connectivity index (χ0v) is 14.2. The summed E-state index contributed by atoms with van der Waals surface area (Å²) in [5, 5.41) is 1.09. The van der Waals surface area contributed by atoms with Crippen molar-refractivity contribution in [1.82, 2.24) is 19.8 Å². The van der Waals surface area contributed by atoms with Crippen LogP contribution in [-0.4, -0.2) is 58.4 Å². The highest BCUT2D eigenvalue weighted by Gasteiger charge is 2.22. The summed E-state index contributed by atoms with van der Waals surface area (Å²) in [6.07, 6.45) is 6.61. The van der Waals surface area contributed by atoms with Crippen LogP contribution in [-0.2, 0) is 6.42 Å². The molecule has 128 valence electrons. The van der Waals surface area contributed by atoms with Crippen molar-refractivity contribution in [3.63, 3.8) is 0 Å². The normalized spacial score (nSPS) is 15.6. The molecule has 0 unspecified atom stereocenters. The number of amides is 1. The van der Waals surface area contributed by atoms with Crippen LogP contribution in [0.1, 0.15) is 15.9 Å². The first-order valence-corrected chi connectivity index (χ1v) is 8.77. The molecule has 1 fully saturated rings. The molecule has 1 amide bonds. The number of carbonyl (C=O) groups excluding carboxylic acids is 1. The summed E-state index contributed by atoms with van der Waals surface area (Å²) in [6, 6.07) is 12.0. The van der Waals surface area contributed by atoms with Gasteiger partial charge in [-0.25, -0.2) is 0 Å². The van der Waals surface area contributed by atoms with Crippen molar-refractivity contribution in [1.29, 1.82) is 0 Å². The van der Waals surface area contributed by atoms with Gasteiger partial charge in [-0.15, -0.1) is 0 Å². The predicted octanol–water partition coefficient (Wildman–Crippen LogP) is 2.56. The minimum Gasteiger partial charge on any atom is -0.361 e. The van der Waals surface area contributed by atoms with Gasteiger partial charge in [0.05, 0.1) is 0 Å². The molecule has 0 saturated carbocycles. The highest BCUT2D eigenvalue weighted by molar-refractivity contribution is 5.98. The molecule has 0 spiro atoms. The molecule has 1 saturated heterocycles. The second kappa shape index (κ2) is 7.07. The first-order valence-electron chi connectivity index (χ1n) is 8.77. The SMILES string of the molecule is O=C(c1ccc2[nH]ccc2c1)N1CCN(CCc2ccncc2)CC1.